The molecule has 1 saturated carbocycles. The number of rotatable bonds is 4. The molecule has 0 saturated heterocycles. The average Bonchev–Trinajstić information content (AvgIpc) is 2.18. The maximum absolute atomic E-state index is 12.4. The van der Waals surface area contributed by atoms with Crippen molar-refractivity contribution in [3.63, 3.8) is 0 Å². The largest absolute Gasteiger partial charge is 0.423 e. The van der Waals surface area contributed by atoms with Gasteiger partial charge in [0.2, 0.25) is 6.10 Å². The van der Waals surface area contributed by atoms with Crippen LogP contribution in [0, 0.1) is 5.41 Å². The highest BCUT2D eigenvalue weighted by atomic mass is 19.4. The van der Waals surface area contributed by atoms with E-state index >= 15 is 0 Å². The van der Waals surface area contributed by atoms with E-state index in [9.17, 15) is 26.3 Å². The minimum Gasteiger partial charge on any atom is -0.357 e. The Bertz CT molecular complexity index is 297. The lowest BCUT2D eigenvalue weighted by molar-refractivity contribution is -0.346. The van der Waals surface area contributed by atoms with E-state index in [4.69, 9.17) is 0 Å². The molecule has 0 spiro atoms. The number of ether oxygens (including phenoxy) is 1. The van der Waals surface area contributed by atoms with Gasteiger partial charge in [0.1, 0.15) is 0 Å². The summed E-state index contributed by atoms with van der Waals surface area (Å²) in [6.45, 7) is 5.61. The smallest absolute Gasteiger partial charge is 0.357 e. The summed E-state index contributed by atoms with van der Waals surface area (Å²) in [6, 6.07) is -0.135. The van der Waals surface area contributed by atoms with Crippen molar-refractivity contribution in [3.05, 3.63) is 0 Å². The zero-order valence-corrected chi connectivity index (χ0v) is 10.8. The van der Waals surface area contributed by atoms with Gasteiger partial charge in [0.25, 0.3) is 0 Å². The summed E-state index contributed by atoms with van der Waals surface area (Å²) in [5.74, 6) is 0. The molecule has 0 aromatic rings. The normalized spacial score (nSPS) is 27.5. The van der Waals surface area contributed by atoms with Gasteiger partial charge >= 0.3 is 12.4 Å². The summed E-state index contributed by atoms with van der Waals surface area (Å²) in [6.07, 6.45) is -15.5. The van der Waals surface area contributed by atoms with Crippen LogP contribution in [0.4, 0.5) is 26.3 Å². The first-order valence-electron chi connectivity index (χ1n) is 5.93. The van der Waals surface area contributed by atoms with Gasteiger partial charge in [-0.25, -0.2) is 0 Å². The van der Waals surface area contributed by atoms with Crippen LogP contribution in [0.15, 0.2) is 0 Å². The van der Waals surface area contributed by atoms with Gasteiger partial charge in [-0.3, -0.25) is 0 Å². The second-order valence-corrected chi connectivity index (χ2v) is 5.26. The Morgan fingerprint density at radius 2 is 1.63 bits per heavy atom. The first-order valence-corrected chi connectivity index (χ1v) is 5.93. The molecule has 1 N–H and O–H groups in total. The topological polar surface area (TPSA) is 21.3 Å². The monoisotopic (exact) mass is 293 g/mol. The van der Waals surface area contributed by atoms with E-state index in [1.807, 2.05) is 6.92 Å². The van der Waals surface area contributed by atoms with E-state index in [1.54, 1.807) is 13.8 Å². The van der Waals surface area contributed by atoms with Gasteiger partial charge in [-0.1, -0.05) is 20.8 Å². The lowest BCUT2D eigenvalue weighted by Gasteiger charge is -2.52. The van der Waals surface area contributed by atoms with Crippen molar-refractivity contribution in [2.75, 3.05) is 6.54 Å². The van der Waals surface area contributed by atoms with Crippen molar-refractivity contribution in [1.29, 1.82) is 0 Å². The fraction of sp³-hybridized carbons (Fsp3) is 1.00. The molecule has 19 heavy (non-hydrogen) atoms. The van der Waals surface area contributed by atoms with Gasteiger partial charge in [-0.15, -0.1) is 0 Å². The molecule has 2 nitrogen and oxygen atoms in total. The zero-order valence-electron chi connectivity index (χ0n) is 10.8. The fourth-order valence-corrected chi connectivity index (χ4v) is 2.21. The average molecular weight is 293 g/mol. The summed E-state index contributed by atoms with van der Waals surface area (Å²) < 4.78 is 78.6. The third-order valence-corrected chi connectivity index (χ3v) is 3.52. The predicted octanol–water partition coefficient (Wildman–Crippen LogP) is 3.27. The standard InChI is InChI=1S/C11H17F6NO/c1-4-18-6-5-7(9(6,2)3)19-8(10(12,13)14)11(15,16)17/h6-8,18H,4-5H2,1-3H3. The SMILES string of the molecule is CCNC1CC(OC(C(F)(F)F)C(F)(F)F)C1(C)C. The second kappa shape index (κ2) is 5.12. The van der Waals surface area contributed by atoms with Crippen molar-refractivity contribution >= 4 is 0 Å². The molecule has 0 heterocycles. The van der Waals surface area contributed by atoms with E-state index in [0.29, 0.717) is 6.54 Å². The number of halogens is 6. The van der Waals surface area contributed by atoms with Crippen molar-refractivity contribution < 1.29 is 31.1 Å². The van der Waals surface area contributed by atoms with Gasteiger partial charge in [0.05, 0.1) is 6.10 Å². The summed E-state index contributed by atoms with van der Waals surface area (Å²) in [7, 11) is 0. The maximum atomic E-state index is 12.4. The highest BCUT2D eigenvalue weighted by Crippen LogP contribution is 2.46. The zero-order chi connectivity index (χ0) is 15.1. The minimum absolute atomic E-state index is 0.135. The van der Waals surface area contributed by atoms with Crippen LogP contribution in [0.5, 0.6) is 0 Å². The van der Waals surface area contributed by atoms with Gasteiger partial charge in [-0.05, 0) is 13.0 Å². The molecule has 1 rings (SSSR count). The molecule has 8 heteroatoms. The number of hydrogen-bond donors (Lipinski definition) is 1. The van der Waals surface area contributed by atoms with Crippen LogP contribution in [0.3, 0.4) is 0 Å². The van der Waals surface area contributed by atoms with Crippen LogP contribution in [-0.2, 0) is 4.74 Å². The van der Waals surface area contributed by atoms with Crippen molar-refractivity contribution in [2.45, 2.75) is 57.8 Å². The van der Waals surface area contributed by atoms with Crippen LogP contribution in [0.25, 0.3) is 0 Å². The molecular weight excluding hydrogens is 276 g/mol. The number of alkyl halides is 6. The Balaban J connectivity index is 2.74. The molecule has 0 amide bonds. The van der Waals surface area contributed by atoms with Crippen LogP contribution < -0.4 is 5.32 Å². The van der Waals surface area contributed by atoms with Crippen LogP contribution in [0.2, 0.25) is 0 Å². The highest BCUT2D eigenvalue weighted by Gasteiger charge is 2.61. The Labute approximate surface area is 107 Å². The third-order valence-electron chi connectivity index (χ3n) is 3.52. The Morgan fingerprint density at radius 3 is 1.95 bits per heavy atom. The molecule has 2 atom stereocenters. The van der Waals surface area contributed by atoms with E-state index < -0.39 is 30.0 Å². The molecule has 1 aliphatic carbocycles. The van der Waals surface area contributed by atoms with Crippen LogP contribution >= 0.6 is 0 Å². The van der Waals surface area contributed by atoms with Gasteiger partial charge in [0.15, 0.2) is 0 Å². The number of nitrogens with one attached hydrogen (secondary N) is 1. The Kier molecular flexibility index (Phi) is 4.46. The van der Waals surface area contributed by atoms with Crippen LogP contribution in [-0.4, -0.2) is 37.1 Å². The molecule has 0 aliphatic heterocycles. The Hall–Kier alpha value is -0.500. The molecule has 0 bridgehead atoms. The van der Waals surface area contributed by atoms with Gasteiger partial charge in [-0.2, -0.15) is 26.3 Å². The fourth-order valence-electron chi connectivity index (χ4n) is 2.21. The highest BCUT2D eigenvalue weighted by molar-refractivity contribution is 5.03. The van der Waals surface area contributed by atoms with Crippen molar-refractivity contribution in [3.8, 4) is 0 Å². The summed E-state index contributed by atoms with van der Waals surface area (Å²) in [5.41, 5.74) is -0.759. The third kappa shape index (κ3) is 3.53. The molecular formula is C11H17F6NO. The summed E-state index contributed by atoms with van der Waals surface area (Å²) in [4.78, 5) is 0. The Morgan fingerprint density at radius 1 is 1.16 bits per heavy atom. The molecule has 114 valence electrons. The van der Waals surface area contributed by atoms with E-state index in [0.717, 1.165) is 0 Å². The van der Waals surface area contributed by atoms with E-state index in [1.165, 1.54) is 0 Å². The number of hydrogen-bond acceptors (Lipinski definition) is 2. The first kappa shape index (κ1) is 16.6. The van der Waals surface area contributed by atoms with Crippen molar-refractivity contribution in [2.24, 2.45) is 5.41 Å². The molecule has 1 aliphatic rings. The lowest BCUT2D eigenvalue weighted by atomic mass is 9.64. The molecule has 0 aromatic heterocycles. The van der Waals surface area contributed by atoms with Crippen LogP contribution in [0.1, 0.15) is 27.2 Å². The van der Waals surface area contributed by atoms with E-state index in [2.05, 4.69) is 10.1 Å². The second-order valence-electron chi connectivity index (χ2n) is 5.26. The van der Waals surface area contributed by atoms with Gasteiger partial charge in [0, 0.05) is 11.5 Å². The van der Waals surface area contributed by atoms with Gasteiger partial charge < -0.3 is 10.1 Å². The van der Waals surface area contributed by atoms with Crippen molar-refractivity contribution in [1.82, 2.24) is 5.32 Å². The molecule has 2 unspecified atom stereocenters. The first-order chi connectivity index (χ1) is 8.40. The maximum Gasteiger partial charge on any atom is 0.423 e. The van der Waals surface area contributed by atoms with E-state index in [-0.39, 0.29) is 12.5 Å². The quantitative estimate of drug-likeness (QED) is 0.803. The summed E-state index contributed by atoms with van der Waals surface area (Å²) in [5, 5.41) is 3.01. The lowest BCUT2D eigenvalue weighted by Crippen LogP contribution is -2.63. The molecule has 1 fully saturated rings. The minimum atomic E-state index is -5.45. The predicted molar refractivity (Wildman–Crippen MR) is 56.6 cm³/mol. The summed E-state index contributed by atoms with van der Waals surface area (Å²) >= 11 is 0. The molecule has 0 radical (unpaired) electrons. The molecule has 0 aromatic carbocycles.